The standard InChI is InChI=1S/C24H24N6O/c1-4-23(31)30-9-7-29(8-10-30)22-14-26-28-21-12-17(16(3)11-18(21)22)24-15(2)5-6-20-19(24)13-25-27-20/h4-6,11-14H,1,7-10H2,2-3H3,(H,25,27). The zero-order chi connectivity index (χ0) is 21.5. The molecule has 3 heterocycles. The molecule has 0 atom stereocenters. The number of H-pyrrole nitrogens is 1. The fourth-order valence-electron chi connectivity index (χ4n) is 4.50. The maximum atomic E-state index is 11.9. The van der Waals surface area contributed by atoms with Crippen LogP contribution in [0.5, 0.6) is 0 Å². The Morgan fingerprint density at radius 2 is 1.87 bits per heavy atom. The van der Waals surface area contributed by atoms with E-state index in [-0.39, 0.29) is 5.91 Å². The van der Waals surface area contributed by atoms with Crippen molar-refractivity contribution >= 4 is 33.4 Å². The Kier molecular flexibility index (Phi) is 4.66. The second kappa shape index (κ2) is 7.50. The number of nitrogens with one attached hydrogen (secondary N) is 1. The molecule has 156 valence electrons. The number of piperazine rings is 1. The maximum Gasteiger partial charge on any atom is 0.246 e. The van der Waals surface area contributed by atoms with Gasteiger partial charge in [0.1, 0.15) is 0 Å². The highest BCUT2D eigenvalue weighted by Crippen LogP contribution is 2.37. The van der Waals surface area contributed by atoms with Crippen molar-refractivity contribution in [2.45, 2.75) is 13.8 Å². The van der Waals surface area contributed by atoms with Gasteiger partial charge in [-0.25, -0.2) is 0 Å². The summed E-state index contributed by atoms with van der Waals surface area (Å²) in [5.41, 5.74) is 7.64. The van der Waals surface area contributed by atoms with E-state index >= 15 is 0 Å². The minimum absolute atomic E-state index is 0.0124. The van der Waals surface area contributed by atoms with Crippen LogP contribution in [-0.2, 0) is 4.79 Å². The van der Waals surface area contributed by atoms with E-state index in [1.54, 1.807) is 0 Å². The van der Waals surface area contributed by atoms with Crippen LogP contribution >= 0.6 is 0 Å². The first-order valence-corrected chi connectivity index (χ1v) is 10.4. The number of nitrogens with zero attached hydrogens (tertiary/aromatic N) is 5. The van der Waals surface area contributed by atoms with Crippen LogP contribution in [0.4, 0.5) is 5.69 Å². The number of amides is 1. The Bertz CT molecular complexity index is 1320. The first-order chi connectivity index (χ1) is 15.1. The normalized spacial score (nSPS) is 14.4. The predicted octanol–water partition coefficient (Wildman–Crippen LogP) is 3.62. The average molecular weight is 412 g/mol. The Morgan fingerprint density at radius 1 is 1.06 bits per heavy atom. The van der Waals surface area contributed by atoms with Crippen LogP contribution in [0.25, 0.3) is 32.9 Å². The van der Waals surface area contributed by atoms with Gasteiger partial charge in [-0.15, -0.1) is 0 Å². The van der Waals surface area contributed by atoms with Gasteiger partial charge in [-0.05, 0) is 60.4 Å². The summed E-state index contributed by atoms with van der Waals surface area (Å²) in [6.45, 7) is 10.7. The molecule has 0 spiro atoms. The minimum atomic E-state index is -0.0124. The van der Waals surface area contributed by atoms with Crippen LogP contribution in [-0.4, -0.2) is 57.4 Å². The minimum Gasteiger partial charge on any atom is -0.366 e. The third-order valence-corrected chi connectivity index (χ3v) is 6.17. The molecular weight excluding hydrogens is 388 g/mol. The topological polar surface area (TPSA) is 78.0 Å². The second-order valence-corrected chi connectivity index (χ2v) is 8.02. The van der Waals surface area contributed by atoms with Crippen molar-refractivity contribution in [3.05, 3.63) is 60.4 Å². The number of carbonyl (C=O) groups excluding carboxylic acids is 1. The number of hydrogen-bond donors (Lipinski definition) is 1. The van der Waals surface area contributed by atoms with Crippen molar-refractivity contribution in [3.8, 4) is 11.1 Å². The molecule has 1 fully saturated rings. The number of anilines is 1. The number of hydrogen-bond acceptors (Lipinski definition) is 5. The molecule has 1 aliphatic rings. The summed E-state index contributed by atoms with van der Waals surface area (Å²) in [4.78, 5) is 16.0. The summed E-state index contributed by atoms with van der Waals surface area (Å²) in [5.74, 6) is -0.0124. The van der Waals surface area contributed by atoms with E-state index in [1.807, 2.05) is 17.3 Å². The number of benzene rings is 2. The molecule has 7 nitrogen and oxygen atoms in total. The highest BCUT2D eigenvalue weighted by molar-refractivity contribution is 6.01. The monoisotopic (exact) mass is 412 g/mol. The van der Waals surface area contributed by atoms with Crippen molar-refractivity contribution in [2.75, 3.05) is 31.1 Å². The van der Waals surface area contributed by atoms with Gasteiger partial charge in [-0.2, -0.15) is 15.3 Å². The number of rotatable bonds is 3. The molecule has 7 heteroatoms. The van der Waals surface area contributed by atoms with Gasteiger partial charge in [0.2, 0.25) is 5.91 Å². The third-order valence-electron chi connectivity index (χ3n) is 6.17. The summed E-state index contributed by atoms with van der Waals surface area (Å²) < 4.78 is 0. The molecule has 0 bridgehead atoms. The molecule has 1 N–H and O–H groups in total. The van der Waals surface area contributed by atoms with Crippen molar-refractivity contribution in [1.29, 1.82) is 0 Å². The molecule has 0 radical (unpaired) electrons. The Hall–Kier alpha value is -3.74. The molecule has 4 aromatic rings. The van der Waals surface area contributed by atoms with Gasteiger partial charge in [0.25, 0.3) is 0 Å². The van der Waals surface area contributed by atoms with Gasteiger partial charge in [-0.3, -0.25) is 9.89 Å². The highest BCUT2D eigenvalue weighted by atomic mass is 16.2. The van der Waals surface area contributed by atoms with Crippen molar-refractivity contribution in [1.82, 2.24) is 25.3 Å². The average Bonchev–Trinajstić information content (AvgIpc) is 3.27. The lowest BCUT2D eigenvalue weighted by Crippen LogP contribution is -2.48. The van der Waals surface area contributed by atoms with Crippen molar-refractivity contribution in [2.24, 2.45) is 0 Å². The number of aromatic amines is 1. The van der Waals surface area contributed by atoms with Crippen LogP contribution in [0.1, 0.15) is 11.1 Å². The smallest absolute Gasteiger partial charge is 0.246 e. The van der Waals surface area contributed by atoms with Crippen LogP contribution in [0.3, 0.4) is 0 Å². The van der Waals surface area contributed by atoms with Gasteiger partial charge in [-0.1, -0.05) is 12.6 Å². The van der Waals surface area contributed by atoms with Crippen molar-refractivity contribution in [3.63, 3.8) is 0 Å². The predicted molar refractivity (Wildman–Crippen MR) is 123 cm³/mol. The quantitative estimate of drug-likeness (QED) is 0.520. The second-order valence-electron chi connectivity index (χ2n) is 8.02. The van der Waals surface area contributed by atoms with Gasteiger partial charge >= 0.3 is 0 Å². The molecule has 1 aliphatic heterocycles. The first-order valence-electron chi connectivity index (χ1n) is 10.4. The number of fused-ring (bicyclic) bond motifs is 2. The van der Waals surface area contributed by atoms with Gasteiger partial charge < -0.3 is 9.80 Å². The Morgan fingerprint density at radius 3 is 2.65 bits per heavy atom. The van der Waals surface area contributed by atoms with E-state index < -0.39 is 0 Å². The zero-order valence-corrected chi connectivity index (χ0v) is 17.7. The fourth-order valence-corrected chi connectivity index (χ4v) is 4.50. The SMILES string of the molecule is C=CC(=O)N1CCN(c2cnnc3cc(-c4c(C)ccc5[nH]ncc45)c(C)cc23)CC1. The Labute approximate surface area is 180 Å². The van der Waals surface area contributed by atoms with E-state index in [1.165, 1.54) is 22.8 Å². The molecule has 0 unspecified atom stereocenters. The lowest BCUT2D eigenvalue weighted by Gasteiger charge is -2.35. The van der Waals surface area contributed by atoms with Crippen LogP contribution in [0.15, 0.2) is 49.3 Å². The largest absolute Gasteiger partial charge is 0.366 e. The van der Waals surface area contributed by atoms with E-state index in [2.05, 4.69) is 70.0 Å². The molecule has 1 amide bonds. The summed E-state index contributed by atoms with van der Waals surface area (Å²) in [6, 6.07) is 8.51. The summed E-state index contributed by atoms with van der Waals surface area (Å²) in [6.07, 6.45) is 5.09. The van der Waals surface area contributed by atoms with Gasteiger partial charge in [0.05, 0.1) is 29.1 Å². The molecular formula is C24H24N6O. The van der Waals surface area contributed by atoms with Crippen LogP contribution in [0.2, 0.25) is 0 Å². The highest BCUT2D eigenvalue weighted by Gasteiger charge is 2.22. The Balaban J connectivity index is 1.57. The lowest BCUT2D eigenvalue weighted by atomic mass is 9.92. The van der Waals surface area contributed by atoms with E-state index in [0.29, 0.717) is 13.1 Å². The molecule has 1 saturated heterocycles. The molecule has 5 rings (SSSR count). The van der Waals surface area contributed by atoms with Gasteiger partial charge in [0, 0.05) is 37.0 Å². The molecule has 0 aliphatic carbocycles. The summed E-state index contributed by atoms with van der Waals surface area (Å²) in [5, 5.41) is 18.2. The van der Waals surface area contributed by atoms with E-state index in [0.717, 1.165) is 46.1 Å². The molecule has 2 aromatic carbocycles. The lowest BCUT2D eigenvalue weighted by molar-refractivity contribution is -0.126. The molecule has 2 aromatic heterocycles. The number of aryl methyl sites for hydroxylation is 2. The number of aromatic nitrogens is 4. The molecule has 31 heavy (non-hydrogen) atoms. The van der Waals surface area contributed by atoms with E-state index in [4.69, 9.17) is 0 Å². The third kappa shape index (κ3) is 3.22. The summed E-state index contributed by atoms with van der Waals surface area (Å²) >= 11 is 0. The molecule has 0 saturated carbocycles. The van der Waals surface area contributed by atoms with Gasteiger partial charge in [0.15, 0.2) is 0 Å². The fraction of sp³-hybridized carbons (Fsp3) is 0.250. The van der Waals surface area contributed by atoms with Crippen LogP contribution < -0.4 is 4.90 Å². The van der Waals surface area contributed by atoms with Crippen LogP contribution in [0, 0.1) is 13.8 Å². The van der Waals surface area contributed by atoms with E-state index in [9.17, 15) is 4.79 Å². The zero-order valence-electron chi connectivity index (χ0n) is 17.7. The summed E-state index contributed by atoms with van der Waals surface area (Å²) in [7, 11) is 0. The van der Waals surface area contributed by atoms with Crippen molar-refractivity contribution < 1.29 is 4.79 Å². The maximum absolute atomic E-state index is 11.9. The number of carbonyl (C=O) groups is 1. The first kappa shape index (κ1) is 19.2.